The van der Waals surface area contributed by atoms with Crippen LogP contribution >= 0.6 is 0 Å². The minimum Gasteiger partial charge on any atom is -0.480 e. The van der Waals surface area contributed by atoms with Gasteiger partial charge in [-0.05, 0) is 38.5 Å². The highest BCUT2D eigenvalue weighted by Crippen LogP contribution is 2.07. The third kappa shape index (κ3) is 14.6. The van der Waals surface area contributed by atoms with Gasteiger partial charge in [-0.3, -0.25) is 9.79 Å². The molecule has 1 rings (SSSR count). The number of piperidine rings is 1. The largest absolute Gasteiger partial charge is 0.480 e. The number of sulfonamides is 1. The fraction of sp³-hybridized carbons (Fsp3) is 0.824. The fourth-order valence-corrected chi connectivity index (χ4v) is 3.99. The van der Waals surface area contributed by atoms with Gasteiger partial charge in [0.05, 0.1) is 5.75 Å². The maximum Gasteiger partial charge on any atom is 0.407 e. The smallest absolute Gasteiger partial charge is 0.407 e. The van der Waals surface area contributed by atoms with Gasteiger partial charge in [0.2, 0.25) is 10.0 Å². The van der Waals surface area contributed by atoms with Gasteiger partial charge in [-0.15, -0.1) is 0 Å². The van der Waals surface area contributed by atoms with Crippen LogP contribution in [0.3, 0.4) is 0 Å². The molecule has 1 aliphatic rings. The monoisotopic (exact) mass is 437 g/mol. The number of hydrogen-bond donors (Lipinski definition) is 5. The van der Waals surface area contributed by atoms with Gasteiger partial charge in [0, 0.05) is 19.6 Å². The number of hydrogen-bond acceptors (Lipinski definition) is 5. The van der Waals surface area contributed by atoms with Crippen LogP contribution < -0.4 is 16.2 Å². The van der Waals surface area contributed by atoms with Crippen molar-refractivity contribution < 1.29 is 28.2 Å². The van der Waals surface area contributed by atoms with Gasteiger partial charge < -0.3 is 26.6 Å². The summed E-state index contributed by atoms with van der Waals surface area (Å²) in [5, 5.41) is 17.5. The quantitative estimate of drug-likeness (QED) is 0.178. The minimum absolute atomic E-state index is 0.0570. The molecule has 0 aromatic rings. The van der Waals surface area contributed by atoms with Crippen molar-refractivity contribution in [2.24, 2.45) is 16.5 Å². The summed E-state index contributed by atoms with van der Waals surface area (Å²) in [6, 6.07) is -1.14. The summed E-state index contributed by atoms with van der Waals surface area (Å²) in [6.45, 7) is 3.69. The van der Waals surface area contributed by atoms with Crippen LogP contribution in [0.25, 0.3) is 0 Å². The molecule has 29 heavy (non-hydrogen) atoms. The van der Waals surface area contributed by atoms with E-state index in [9.17, 15) is 18.0 Å². The first-order valence-corrected chi connectivity index (χ1v) is 11.5. The van der Waals surface area contributed by atoms with Gasteiger partial charge in [0.25, 0.3) is 0 Å². The average Bonchev–Trinajstić information content (AvgIpc) is 2.65. The third-order valence-corrected chi connectivity index (χ3v) is 5.68. The molecule has 1 aliphatic heterocycles. The number of unbranched alkanes of at least 4 members (excludes halogenated alkanes) is 2. The van der Waals surface area contributed by atoms with Gasteiger partial charge in [-0.1, -0.05) is 19.8 Å². The number of rotatable bonds is 11. The van der Waals surface area contributed by atoms with Crippen molar-refractivity contribution in [2.75, 3.05) is 25.4 Å². The van der Waals surface area contributed by atoms with E-state index in [-0.39, 0.29) is 24.7 Å². The van der Waals surface area contributed by atoms with Crippen LogP contribution in [0.15, 0.2) is 4.99 Å². The van der Waals surface area contributed by atoms with E-state index < -0.39 is 28.1 Å². The lowest BCUT2D eigenvalue weighted by molar-refractivity contribution is -0.139. The average molecular weight is 438 g/mol. The number of aliphatic imine (C=N–C) groups is 1. The Kier molecular flexibility index (Phi) is 13.8. The van der Waals surface area contributed by atoms with Crippen molar-refractivity contribution in [3.8, 4) is 0 Å². The molecule has 12 heteroatoms. The fourth-order valence-electron chi connectivity index (χ4n) is 2.64. The molecular formula is C17H35N5O6S. The predicted octanol–water partition coefficient (Wildman–Crippen LogP) is 0.753. The Hall–Kier alpha value is -2.08. The second-order valence-corrected chi connectivity index (χ2v) is 8.69. The van der Waals surface area contributed by atoms with Crippen molar-refractivity contribution in [1.82, 2.24) is 9.62 Å². The van der Waals surface area contributed by atoms with Crippen molar-refractivity contribution in [3.63, 3.8) is 0 Å². The summed E-state index contributed by atoms with van der Waals surface area (Å²) in [6.07, 6.45) is 5.22. The Bertz CT molecular complexity index is 616. The van der Waals surface area contributed by atoms with Gasteiger partial charge in [0.15, 0.2) is 5.96 Å². The number of carbonyl (C=O) groups is 2. The zero-order valence-corrected chi connectivity index (χ0v) is 17.9. The second-order valence-electron chi connectivity index (χ2n) is 6.81. The molecule has 0 aliphatic carbocycles. The summed E-state index contributed by atoms with van der Waals surface area (Å²) in [7, 11) is -3.57. The number of carboxylic acid groups (broad SMARTS) is 2. The maximum absolute atomic E-state index is 11.7. The standard InChI is InChI=1S/C11H24N4O4S.C6H11NO2/c1-2-3-4-8-20(18,19)15-9(10(16)17)6-5-7-14-11(12)13;8-6(9)7-4-2-1-3-5-7/h9,15H,2-8H2,1H3,(H,16,17)(H4,12,13,14);1-5H2,(H,8,9). The van der Waals surface area contributed by atoms with E-state index in [1.54, 1.807) is 0 Å². The van der Waals surface area contributed by atoms with Gasteiger partial charge in [0.1, 0.15) is 6.04 Å². The van der Waals surface area contributed by atoms with Crippen LogP contribution in [0.5, 0.6) is 0 Å². The first-order chi connectivity index (χ1) is 13.6. The predicted molar refractivity (Wildman–Crippen MR) is 111 cm³/mol. The molecule has 0 spiro atoms. The minimum atomic E-state index is -3.57. The molecule has 1 amide bonds. The Labute approximate surface area is 172 Å². The molecule has 11 nitrogen and oxygen atoms in total. The number of guanidine groups is 1. The number of nitrogens with one attached hydrogen (secondary N) is 1. The second kappa shape index (κ2) is 14.9. The lowest BCUT2D eigenvalue weighted by Gasteiger charge is -2.22. The molecular weight excluding hydrogens is 402 g/mol. The van der Waals surface area contributed by atoms with Crippen molar-refractivity contribution in [1.29, 1.82) is 0 Å². The van der Waals surface area contributed by atoms with Crippen LogP contribution in [-0.2, 0) is 14.8 Å². The molecule has 0 aromatic carbocycles. The molecule has 1 unspecified atom stereocenters. The molecule has 1 atom stereocenters. The van der Waals surface area contributed by atoms with E-state index >= 15 is 0 Å². The van der Waals surface area contributed by atoms with Gasteiger partial charge in [-0.25, -0.2) is 17.9 Å². The zero-order chi connectivity index (χ0) is 22.3. The van der Waals surface area contributed by atoms with E-state index in [1.165, 1.54) is 11.3 Å². The van der Waals surface area contributed by atoms with Crippen molar-refractivity contribution in [2.45, 2.75) is 64.3 Å². The number of aliphatic carboxylic acids is 1. The van der Waals surface area contributed by atoms with Gasteiger partial charge in [-0.2, -0.15) is 0 Å². The number of nitrogens with zero attached hydrogens (tertiary/aromatic N) is 2. The summed E-state index contributed by atoms with van der Waals surface area (Å²) in [5.41, 5.74) is 10.3. The highest BCUT2D eigenvalue weighted by atomic mass is 32.2. The Morgan fingerprint density at radius 2 is 1.72 bits per heavy atom. The maximum atomic E-state index is 11.7. The lowest BCUT2D eigenvalue weighted by atomic mass is 10.1. The highest BCUT2D eigenvalue weighted by molar-refractivity contribution is 7.89. The molecule has 0 bridgehead atoms. The summed E-state index contributed by atoms with van der Waals surface area (Å²) in [4.78, 5) is 26.5. The number of likely N-dealkylation sites (tertiary alicyclic amines) is 1. The Morgan fingerprint density at radius 1 is 1.10 bits per heavy atom. The molecule has 1 saturated heterocycles. The van der Waals surface area contributed by atoms with Crippen LogP contribution in [-0.4, -0.2) is 73.0 Å². The number of carboxylic acids is 1. The van der Waals surface area contributed by atoms with Crippen molar-refractivity contribution in [3.05, 3.63) is 0 Å². The molecule has 1 fully saturated rings. The van der Waals surface area contributed by atoms with Crippen LogP contribution in [0.4, 0.5) is 4.79 Å². The molecule has 0 radical (unpaired) electrons. The van der Waals surface area contributed by atoms with E-state index in [4.69, 9.17) is 21.7 Å². The normalized spacial score (nSPS) is 15.0. The molecule has 7 N–H and O–H groups in total. The Morgan fingerprint density at radius 3 is 2.17 bits per heavy atom. The van der Waals surface area contributed by atoms with E-state index in [2.05, 4.69) is 9.71 Å². The van der Waals surface area contributed by atoms with Gasteiger partial charge >= 0.3 is 12.1 Å². The van der Waals surface area contributed by atoms with Crippen LogP contribution in [0.2, 0.25) is 0 Å². The summed E-state index contributed by atoms with van der Waals surface area (Å²) >= 11 is 0. The Balaban J connectivity index is 0.000000717. The van der Waals surface area contributed by atoms with Crippen molar-refractivity contribution >= 4 is 28.0 Å². The molecule has 0 saturated carbocycles. The molecule has 170 valence electrons. The highest BCUT2D eigenvalue weighted by Gasteiger charge is 2.23. The van der Waals surface area contributed by atoms with Crippen LogP contribution in [0.1, 0.15) is 58.3 Å². The third-order valence-electron chi connectivity index (χ3n) is 4.21. The number of amides is 1. The molecule has 1 heterocycles. The SMILES string of the molecule is CCCCCS(=O)(=O)NC(CCCN=C(N)N)C(=O)O.O=C(O)N1CCCCC1. The van der Waals surface area contributed by atoms with E-state index in [0.29, 0.717) is 12.8 Å². The van der Waals surface area contributed by atoms with E-state index in [0.717, 1.165) is 38.8 Å². The molecule has 0 aromatic heterocycles. The first kappa shape index (κ1) is 26.9. The number of nitrogens with two attached hydrogens (primary N) is 2. The zero-order valence-electron chi connectivity index (χ0n) is 17.0. The summed E-state index contributed by atoms with van der Waals surface area (Å²) < 4.78 is 25.6. The van der Waals surface area contributed by atoms with E-state index in [1.807, 2.05) is 6.92 Å². The summed E-state index contributed by atoms with van der Waals surface area (Å²) in [5.74, 6) is -1.33. The topological polar surface area (TPSA) is 188 Å². The van der Waals surface area contributed by atoms with Crippen LogP contribution in [0, 0.1) is 0 Å². The first-order valence-electron chi connectivity index (χ1n) is 9.85. The lowest BCUT2D eigenvalue weighted by Crippen LogP contribution is -2.41.